The quantitative estimate of drug-likeness (QED) is 0.685. The molecule has 3 aromatic rings. The van der Waals surface area contributed by atoms with Crippen LogP contribution in [0.1, 0.15) is 48.9 Å². The van der Waals surface area contributed by atoms with Crippen molar-refractivity contribution in [3.05, 3.63) is 75.8 Å². The topological polar surface area (TPSA) is 72.3 Å². The van der Waals surface area contributed by atoms with E-state index in [1.54, 1.807) is 18.0 Å². The van der Waals surface area contributed by atoms with Gasteiger partial charge in [0.15, 0.2) is 5.82 Å². The summed E-state index contributed by atoms with van der Waals surface area (Å²) in [5, 5.41) is 3.76. The minimum absolute atomic E-state index is 0.0859. The van der Waals surface area contributed by atoms with Crippen LogP contribution in [0.3, 0.4) is 0 Å². The average molecular weight is 395 g/mol. The van der Waals surface area contributed by atoms with Gasteiger partial charge in [-0.1, -0.05) is 30.0 Å². The van der Waals surface area contributed by atoms with E-state index in [-0.39, 0.29) is 16.9 Å². The van der Waals surface area contributed by atoms with Gasteiger partial charge in [0.05, 0.1) is 21.6 Å². The monoisotopic (exact) mass is 394 g/mol. The fraction of sp³-hybridized carbons (Fsp3) is 0.286. The standard InChI is InChI=1S/C21H22N4O2S/c1-13(2)25-20-18(21(26)24-25)19(28-14(3)23-20)15-7-6-9-17(11-15)27-12-16-8-4-5-10-22-16/h4-11,13,19H,12H2,1-3H3,(H,24,26). The summed E-state index contributed by atoms with van der Waals surface area (Å²) in [4.78, 5) is 21.6. The molecule has 7 heteroatoms. The van der Waals surface area contributed by atoms with Crippen molar-refractivity contribution in [2.24, 2.45) is 4.99 Å². The molecule has 0 aliphatic carbocycles. The molecule has 0 fully saturated rings. The smallest absolute Gasteiger partial charge is 0.271 e. The van der Waals surface area contributed by atoms with Gasteiger partial charge in [-0.2, -0.15) is 0 Å². The maximum atomic E-state index is 12.7. The van der Waals surface area contributed by atoms with E-state index in [4.69, 9.17) is 4.74 Å². The molecule has 1 aliphatic heterocycles. The van der Waals surface area contributed by atoms with E-state index in [0.29, 0.717) is 12.2 Å². The number of nitrogens with one attached hydrogen (secondary N) is 1. The third-order valence-electron chi connectivity index (χ3n) is 4.54. The predicted molar refractivity (Wildman–Crippen MR) is 113 cm³/mol. The summed E-state index contributed by atoms with van der Waals surface area (Å²) in [6.45, 7) is 6.44. The van der Waals surface area contributed by atoms with Crippen LogP contribution in [0.15, 0.2) is 58.4 Å². The number of rotatable bonds is 5. The van der Waals surface area contributed by atoms with E-state index in [2.05, 4.69) is 15.1 Å². The molecular formula is C21H22N4O2S. The molecule has 4 rings (SSSR count). The van der Waals surface area contributed by atoms with Gasteiger partial charge in [0.2, 0.25) is 0 Å². The molecule has 1 aromatic carbocycles. The van der Waals surface area contributed by atoms with Gasteiger partial charge in [-0.15, -0.1) is 0 Å². The van der Waals surface area contributed by atoms with Gasteiger partial charge in [0.1, 0.15) is 12.4 Å². The minimum Gasteiger partial charge on any atom is -0.487 e. The van der Waals surface area contributed by atoms with Crippen LogP contribution in [0.25, 0.3) is 0 Å². The van der Waals surface area contributed by atoms with Crippen LogP contribution in [-0.4, -0.2) is 19.8 Å². The van der Waals surface area contributed by atoms with Crippen molar-refractivity contribution in [1.82, 2.24) is 14.8 Å². The Kier molecular flexibility index (Phi) is 5.09. The van der Waals surface area contributed by atoms with Crippen LogP contribution in [0.4, 0.5) is 5.82 Å². The summed E-state index contributed by atoms with van der Waals surface area (Å²) < 4.78 is 7.76. The van der Waals surface area contributed by atoms with Gasteiger partial charge < -0.3 is 4.74 Å². The number of hydrogen-bond donors (Lipinski definition) is 1. The van der Waals surface area contributed by atoms with E-state index in [1.165, 1.54) is 0 Å². The molecule has 3 heterocycles. The molecule has 1 unspecified atom stereocenters. The Morgan fingerprint density at radius 3 is 2.86 bits per heavy atom. The summed E-state index contributed by atoms with van der Waals surface area (Å²) >= 11 is 1.59. The Morgan fingerprint density at radius 1 is 1.25 bits per heavy atom. The maximum Gasteiger partial charge on any atom is 0.271 e. The maximum absolute atomic E-state index is 12.7. The SMILES string of the molecule is CC1=Nc2c(c(=O)[nH]n2C(C)C)C(c2cccc(OCc3ccccn3)c2)S1. The molecule has 0 spiro atoms. The van der Waals surface area contributed by atoms with Crippen molar-refractivity contribution < 1.29 is 4.74 Å². The Labute approximate surface area is 167 Å². The third kappa shape index (κ3) is 3.62. The van der Waals surface area contributed by atoms with Gasteiger partial charge in [0.25, 0.3) is 5.56 Å². The van der Waals surface area contributed by atoms with Gasteiger partial charge in [-0.25, -0.2) is 4.99 Å². The van der Waals surface area contributed by atoms with E-state index in [1.807, 2.05) is 67.9 Å². The van der Waals surface area contributed by atoms with E-state index >= 15 is 0 Å². The normalized spacial score (nSPS) is 16.0. The number of nitrogens with zero attached hydrogens (tertiary/aromatic N) is 3. The minimum atomic E-state index is -0.116. The molecule has 28 heavy (non-hydrogen) atoms. The van der Waals surface area contributed by atoms with Gasteiger partial charge in [0, 0.05) is 12.2 Å². The van der Waals surface area contributed by atoms with Crippen LogP contribution >= 0.6 is 11.8 Å². The van der Waals surface area contributed by atoms with Crippen LogP contribution < -0.4 is 10.3 Å². The van der Waals surface area contributed by atoms with Crippen molar-refractivity contribution >= 4 is 22.6 Å². The number of aromatic nitrogens is 3. The van der Waals surface area contributed by atoms with Crippen LogP contribution in [0.2, 0.25) is 0 Å². The number of thioether (sulfide) groups is 1. The fourth-order valence-corrected chi connectivity index (χ4v) is 4.32. The van der Waals surface area contributed by atoms with Crippen molar-refractivity contribution in [3.8, 4) is 5.75 Å². The second-order valence-electron chi connectivity index (χ2n) is 6.95. The summed E-state index contributed by atoms with van der Waals surface area (Å²) in [7, 11) is 0. The molecule has 0 radical (unpaired) electrons. The van der Waals surface area contributed by atoms with Crippen molar-refractivity contribution in [1.29, 1.82) is 0 Å². The fourth-order valence-electron chi connectivity index (χ4n) is 3.23. The molecule has 1 N–H and O–H groups in total. The largest absolute Gasteiger partial charge is 0.487 e. The summed E-state index contributed by atoms with van der Waals surface area (Å²) in [6.07, 6.45) is 1.75. The summed E-state index contributed by atoms with van der Waals surface area (Å²) in [5.41, 5.74) is 2.50. The van der Waals surface area contributed by atoms with Crippen LogP contribution in [0.5, 0.6) is 5.75 Å². The van der Waals surface area contributed by atoms with Gasteiger partial charge in [-0.3, -0.25) is 19.6 Å². The van der Waals surface area contributed by atoms with Crippen LogP contribution in [0, 0.1) is 0 Å². The third-order valence-corrected chi connectivity index (χ3v) is 5.72. The Hall–Kier alpha value is -2.80. The van der Waals surface area contributed by atoms with Crippen LogP contribution in [-0.2, 0) is 6.61 Å². The molecule has 144 valence electrons. The second kappa shape index (κ2) is 7.67. The van der Waals surface area contributed by atoms with E-state index < -0.39 is 0 Å². The molecule has 1 aliphatic rings. The molecular weight excluding hydrogens is 372 g/mol. The lowest BCUT2D eigenvalue weighted by Gasteiger charge is -2.22. The van der Waals surface area contributed by atoms with Crippen molar-refractivity contribution in [3.63, 3.8) is 0 Å². The first-order valence-corrected chi connectivity index (χ1v) is 10.1. The summed E-state index contributed by atoms with van der Waals surface area (Å²) in [5.74, 6) is 1.48. The van der Waals surface area contributed by atoms with Crippen molar-refractivity contribution in [2.75, 3.05) is 0 Å². The molecule has 0 amide bonds. The second-order valence-corrected chi connectivity index (χ2v) is 8.25. The zero-order valence-corrected chi connectivity index (χ0v) is 16.9. The number of H-pyrrole nitrogens is 1. The highest BCUT2D eigenvalue weighted by atomic mass is 32.2. The number of hydrogen-bond acceptors (Lipinski definition) is 5. The molecule has 0 saturated carbocycles. The molecule has 6 nitrogen and oxygen atoms in total. The first-order chi connectivity index (χ1) is 13.5. The lowest BCUT2D eigenvalue weighted by molar-refractivity contribution is 0.301. The van der Waals surface area contributed by atoms with Gasteiger partial charge in [-0.05, 0) is 50.6 Å². The number of benzene rings is 1. The molecule has 1 atom stereocenters. The predicted octanol–water partition coefficient (Wildman–Crippen LogP) is 4.62. The molecule has 0 saturated heterocycles. The highest BCUT2D eigenvalue weighted by molar-refractivity contribution is 8.14. The first kappa shape index (κ1) is 18.6. The number of pyridine rings is 1. The van der Waals surface area contributed by atoms with E-state index in [0.717, 1.165) is 27.9 Å². The Morgan fingerprint density at radius 2 is 2.11 bits per heavy atom. The lowest BCUT2D eigenvalue weighted by atomic mass is 10.1. The van der Waals surface area contributed by atoms with E-state index in [9.17, 15) is 4.79 Å². The van der Waals surface area contributed by atoms with Gasteiger partial charge >= 0.3 is 0 Å². The Balaban J connectivity index is 1.65. The number of aromatic amines is 1. The van der Waals surface area contributed by atoms with Crippen molar-refractivity contribution in [2.45, 2.75) is 38.7 Å². The summed E-state index contributed by atoms with van der Waals surface area (Å²) in [6, 6.07) is 13.8. The zero-order valence-electron chi connectivity index (χ0n) is 16.0. The highest BCUT2D eigenvalue weighted by Crippen LogP contribution is 2.44. The number of aliphatic imine (C=N–C) groups is 1. The highest BCUT2D eigenvalue weighted by Gasteiger charge is 2.30. The molecule has 0 bridgehead atoms. The Bertz CT molecular complexity index is 1070. The average Bonchev–Trinajstić information content (AvgIpc) is 3.03. The lowest BCUT2D eigenvalue weighted by Crippen LogP contribution is -2.13. The number of ether oxygens (including phenoxy) is 1. The molecule has 2 aromatic heterocycles. The zero-order chi connectivity index (χ0) is 19.7. The first-order valence-electron chi connectivity index (χ1n) is 9.22. The number of fused-ring (bicyclic) bond motifs is 1.